The first-order valence-corrected chi connectivity index (χ1v) is 6.98. The summed E-state index contributed by atoms with van der Waals surface area (Å²) in [5, 5.41) is 8.88. The molecule has 5 nitrogen and oxygen atoms in total. The summed E-state index contributed by atoms with van der Waals surface area (Å²) in [6.07, 6.45) is 5.48. The van der Waals surface area contributed by atoms with Gasteiger partial charge in [0.05, 0.1) is 11.1 Å². The van der Waals surface area contributed by atoms with E-state index < -0.39 is 0 Å². The van der Waals surface area contributed by atoms with Gasteiger partial charge in [-0.25, -0.2) is 0 Å². The number of hydrogen-bond donors (Lipinski definition) is 0. The van der Waals surface area contributed by atoms with Gasteiger partial charge in [-0.3, -0.25) is 9.78 Å². The molecule has 0 N–H and O–H groups in total. The average molecular weight is 308 g/mol. The SMILES string of the molecule is C=CCOc1cc(OCc2cncc(C#N)c2)c(C=O)cc1C. The molecule has 0 radical (unpaired) electrons. The number of aryl methyl sites for hydroxylation is 1. The van der Waals surface area contributed by atoms with Gasteiger partial charge in [0.15, 0.2) is 6.29 Å². The van der Waals surface area contributed by atoms with Crippen molar-refractivity contribution >= 4 is 6.29 Å². The lowest BCUT2D eigenvalue weighted by atomic mass is 10.1. The van der Waals surface area contributed by atoms with Gasteiger partial charge in [0.25, 0.3) is 0 Å². The Hall–Kier alpha value is -3.13. The molecule has 0 amide bonds. The lowest BCUT2D eigenvalue weighted by Gasteiger charge is -2.13. The summed E-state index contributed by atoms with van der Waals surface area (Å²) in [5.74, 6) is 1.06. The van der Waals surface area contributed by atoms with Crippen LogP contribution < -0.4 is 9.47 Å². The van der Waals surface area contributed by atoms with Gasteiger partial charge in [0.2, 0.25) is 0 Å². The number of nitriles is 1. The minimum atomic E-state index is 0.202. The minimum Gasteiger partial charge on any atom is -0.489 e. The molecule has 23 heavy (non-hydrogen) atoms. The van der Waals surface area contributed by atoms with Gasteiger partial charge in [-0.05, 0) is 24.6 Å². The highest BCUT2D eigenvalue weighted by Crippen LogP contribution is 2.28. The largest absolute Gasteiger partial charge is 0.489 e. The molecule has 116 valence electrons. The molecule has 1 aromatic carbocycles. The van der Waals surface area contributed by atoms with E-state index in [1.54, 1.807) is 30.5 Å². The molecule has 0 bridgehead atoms. The van der Waals surface area contributed by atoms with Crippen LogP contribution in [0.3, 0.4) is 0 Å². The molecular weight excluding hydrogens is 292 g/mol. The molecule has 0 fully saturated rings. The number of aldehydes is 1. The molecule has 0 atom stereocenters. The van der Waals surface area contributed by atoms with Crippen LogP contribution in [0, 0.1) is 18.3 Å². The summed E-state index contributed by atoms with van der Waals surface area (Å²) in [5.41, 5.74) is 2.49. The standard InChI is InChI=1S/C18H16N2O3/c1-3-4-22-17-7-18(16(11-21)5-13(17)2)23-12-15-6-14(8-19)9-20-10-15/h3,5-7,9-11H,1,4,12H2,2H3. The Morgan fingerprint density at radius 3 is 2.78 bits per heavy atom. The van der Waals surface area contributed by atoms with E-state index in [-0.39, 0.29) is 6.61 Å². The summed E-state index contributed by atoms with van der Waals surface area (Å²) in [6.45, 7) is 6.04. The zero-order valence-electron chi connectivity index (χ0n) is 12.8. The summed E-state index contributed by atoms with van der Waals surface area (Å²) >= 11 is 0. The van der Waals surface area contributed by atoms with Crippen LogP contribution in [0.1, 0.15) is 27.0 Å². The molecule has 0 aliphatic heterocycles. The number of aromatic nitrogens is 1. The Balaban J connectivity index is 2.21. The first-order chi connectivity index (χ1) is 11.2. The Labute approximate surface area is 134 Å². The quantitative estimate of drug-likeness (QED) is 0.580. The molecule has 0 saturated heterocycles. The number of carbonyl (C=O) groups excluding carboxylic acids is 1. The highest BCUT2D eigenvalue weighted by molar-refractivity contribution is 5.80. The second-order valence-corrected chi connectivity index (χ2v) is 4.86. The zero-order valence-corrected chi connectivity index (χ0v) is 12.8. The molecule has 0 saturated carbocycles. The molecule has 1 aromatic heterocycles. The molecule has 2 rings (SSSR count). The topological polar surface area (TPSA) is 72.2 Å². The normalized spacial score (nSPS) is 9.74. The highest BCUT2D eigenvalue weighted by Gasteiger charge is 2.10. The van der Waals surface area contributed by atoms with Gasteiger partial charge >= 0.3 is 0 Å². The molecule has 5 heteroatoms. The van der Waals surface area contributed by atoms with Crippen molar-refractivity contribution in [3.05, 3.63) is 65.5 Å². The van der Waals surface area contributed by atoms with E-state index in [1.165, 1.54) is 6.20 Å². The number of hydrogen-bond acceptors (Lipinski definition) is 5. The molecule has 0 unspecified atom stereocenters. The Kier molecular flexibility index (Phi) is 5.48. The van der Waals surface area contributed by atoms with Crippen LogP contribution in [-0.2, 0) is 6.61 Å². The fourth-order valence-corrected chi connectivity index (χ4v) is 2.00. The minimum absolute atomic E-state index is 0.202. The van der Waals surface area contributed by atoms with Crippen LogP contribution in [0.4, 0.5) is 0 Å². The van der Waals surface area contributed by atoms with E-state index >= 15 is 0 Å². The number of nitrogens with zero attached hydrogens (tertiary/aromatic N) is 2. The smallest absolute Gasteiger partial charge is 0.153 e. The van der Waals surface area contributed by atoms with Crippen LogP contribution in [0.25, 0.3) is 0 Å². The number of benzene rings is 1. The van der Waals surface area contributed by atoms with Crippen molar-refractivity contribution in [2.75, 3.05) is 6.61 Å². The predicted octanol–water partition coefficient (Wildman–Crippen LogP) is 3.22. The van der Waals surface area contributed by atoms with Crippen molar-refractivity contribution in [2.45, 2.75) is 13.5 Å². The lowest BCUT2D eigenvalue weighted by molar-refractivity contribution is 0.111. The molecule has 2 aromatic rings. The van der Waals surface area contributed by atoms with Crippen LogP contribution >= 0.6 is 0 Å². The Morgan fingerprint density at radius 2 is 2.09 bits per heavy atom. The molecule has 0 aliphatic rings. The van der Waals surface area contributed by atoms with Crippen LogP contribution in [0.15, 0.2) is 43.2 Å². The Bertz CT molecular complexity index is 763. The fraction of sp³-hybridized carbons (Fsp3) is 0.167. The summed E-state index contributed by atoms with van der Waals surface area (Å²) in [4.78, 5) is 15.2. The van der Waals surface area contributed by atoms with Gasteiger partial charge in [-0.15, -0.1) is 0 Å². The monoisotopic (exact) mass is 308 g/mol. The van der Waals surface area contributed by atoms with Crippen molar-refractivity contribution < 1.29 is 14.3 Å². The van der Waals surface area contributed by atoms with Crippen LogP contribution in [0.5, 0.6) is 11.5 Å². The van der Waals surface area contributed by atoms with Gasteiger partial charge in [-0.1, -0.05) is 12.7 Å². The van der Waals surface area contributed by atoms with Gasteiger partial charge in [0.1, 0.15) is 30.8 Å². The van der Waals surface area contributed by atoms with E-state index in [0.29, 0.717) is 29.2 Å². The van der Waals surface area contributed by atoms with E-state index in [2.05, 4.69) is 11.6 Å². The van der Waals surface area contributed by atoms with Crippen molar-refractivity contribution in [1.29, 1.82) is 5.26 Å². The average Bonchev–Trinajstić information content (AvgIpc) is 2.59. The number of rotatable bonds is 7. The third kappa shape index (κ3) is 4.17. The van der Waals surface area contributed by atoms with Crippen molar-refractivity contribution in [1.82, 2.24) is 4.98 Å². The predicted molar refractivity (Wildman–Crippen MR) is 85.5 cm³/mol. The fourth-order valence-electron chi connectivity index (χ4n) is 2.00. The van der Waals surface area contributed by atoms with Crippen LogP contribution in [-0.4, -0.2) is 17.9 Å². The number of pyridine rings is 1. The van der Waals surface area contributed by atoms with E-state index in [4.69, 9.17) is 14.7 Å². The van der Waals surface area contributed by atoms with E-state index in [1.807, 2.05) is 13.0 Å². The molecule has 0 aliphatic carbocycles. The summed E-state index contributed by atoms with van der Waals surface area (Å²) in [7, 11) is 0. The van der Waals surface area contributed by atoms with Crippen molar-refractivity contribution in [3.8, 4) is 17.6 Å². The second kappa shape index (κ2) is 7.76. The van der Waals surface area contributed by atoms with E-state index in [0.717, 1.165) is 17.4 Å². The molecule has 1 heterocycles. The second-order valence-electron chi connectivity index (χ2n) is 4.86. The van der Waals surface area contributed by atoms with Crippen LogP contribution in [0.2, 0.25) is 0 Å². The maximum absolute atomic E-state index is 11.2. The van der Waals surface area contributed by atoms with E-state index in [9.17, 15) is 4.79 Å². The third-order valence-electron chi connectivity index (χ3n) is 3.11. The van der Waals surface area contributed by atoms with Gasteiger partial charge in [0, 0.05) is 24.0 Å². The van der Waals surface area contributed by atoms with Crippen molar-refractivity contribution in [3.63, 3.8) is 0 Å². The number of ether oxygens (including phenoxy) is 2. The molecule has 0 spiro atoms. The lowest BCUT2D eigenvalue weighted by Crippen LogP contribution is -2.02. The third-order valence-corrected chi connectivity index (χ3v) is 3.11. The highest BCUT2D eigenvalue weighted by atomic mass is 16.5. The molecular formula is C18H16N2O3. The van der Waals surface area contributed by atoms with Gasteiger partial charge < -0.3 is 9.47 Å². The maximum atomic E-state index is 11.2. The summed E-state index contributed by atoms with van der Waals surface area (Å²) < 4.78 is 11.2. The number of carbonyl (C=O) groups is 1. The summed E-state index contributed by atoms with van der Waals surface area (Å²) in [6, 6.07) is 7.11. The van der Waals surface area contributed by atoms with Crippen molar-refractivity contribution in [2.24, 2.45) is 0 Å². The maximum Gasteiger partial charge on any atom is 0.153 e. The first kappa shape index (κ1) is 16.2. The van der Waals surface area contributed by atoms with Gasteiger partial charge in [-0.2, -0.15) is 5.26 Å². The first-order valence-electron chi connectivity index (χ1n) is 6.98. The Morgan fingerprint density at radius 1 is 1.26 bits per heavy atom. The zero-order chi connectivity index (χ0) is 16.7.